The van der Waals surface area contributed by atoms with Gasteiger partial charge in [-0.1, -0.05) is 50.8 Å². The second-order valence-corrected chi connectivity index (χ2v) is 6.77. The number of benzene rings is 1. The van der Waals surface area contributed by atoms with Gasteiger partial charge in [-0.2, -0.15) is 0 Å². The summed E-state index contributed by atoms with van der Waals surface area (Å²) in [6, 6.07) is 8.33. The molecule has 1 unspecified atom stereocenters. The van der Waals surface area contributed by atoms with Gasteiger partial charge >= 0.3 is 5.97 Å². The number of carbonyl (C=O) groups is 2. The molecule has 1 aromatic carbocycles. The normalized spacial score (nSPS) is 12.5. The zero-order chi connectivity index (χ0) is 17.3. The van der Waals surface area contributed by atoms with Crippen LogP contribution in [0.25, 0.3) is 0 Å². The molecule has 0 saturated carbocycles. The zero-order valence-electron chi connectivity index (χ0n) is 14.7. The third kappa shape index (κ3) is 7.82. The second kappa shape index (κ2) is 9.33. The maximum absolute atomic E-state index is 12.4. The van der Waals surface area contributed by atoms with E-state index in [1.807, 2.05) is 26.8 Å². The van der Waals surface area contributed by atoms with Gasteiger partial charge in [-0.25, -0.2) is 4.79 Å². The van der Waals surface area contributed by atoms with Crippen molar-refractivity contribution in [3.63, 3.8) is 0 Å². The first-order valence-corrected chi connectivity index (χ1v) is 8.42. The number of carbonyl (C=O) groups excluding carboxylic acids is 2. The van der Waals surface area contributed by atoms with E-state index in [4.69, 9.17) is 4.74 Å². The Morgan fingerprint density at radius 1 is 1.09 bits per heavy atom. The third-order valence-corrected chi connectivity index (χ3v) is 3.38. The number of nitrogens with one attached hydrogen (secondary N) is 1. The summed E-state index contributed by atoms with van der Waals surface area (Å²) >= 11 is 0. The highest BCUT2D eigenvalue weighted by atomic mass is 16.6. The zero-order valence-corrected chi connectivity index (χ0v) is 14.7. The molecule has 1 amide bonds. The summed E-state index contributed by atoms with van der Waals surface area (Å²) in [7, 11) is 0. The summed E-state index contributed by atoms with van der Waals surface area (Å²) in [6.45, 7) is 7.64. The molecule has 0 saturated heterocycles. The van der Waals surface area contributed by atoms with Gasteiger partial charge in [0.25, 0.3) is 5.91 Å². The first-order chi connectivity index (χ1) is 10.8. The molecule has 0 radical (unpaired) electrons. The van der Waals surface area contributed by atoms with Crippen LogP contribution >= 0.6 is 0 Å². The van der Waals surface area contributed by atoms with Crippen LogP contribution in [0, 0.1) is 0 Å². The molecule has 1 rings (SSSR count). The van der Waals surface area contributed by atoms with E-state index in [1.165, 1.54) is 0 Å². The third-order valence-electron chi connectivity index (χ3n) is 3.38. The minimum absolute atomic E-state index is 0.239. The van der Waals surface area contributed by atoms with Crippen molar-refractivity contribution in [2.45, 2.75) is 71.4 Å². The minimum Gasteiger partial charge on any atom is -0.458 e. The molecule has 0 heterocycles. The quantitative estimate of drug-likeness (QED) is 0.580. The Kier molecular flexibility index (Phi) is 7.79. The highest BCUT2D eigenvalue weighted by molar-refractivity contribution is 5.96. The van der Waals surface area contributed by atoms with Gasteiger partial charge in [0, 0.05) is 5.56 Å². The average Bonchev–Trinajstić information content (AvgIpc) is 2.49. The molecule has 0 aromatic heterocycles. The van der Waals surface area contributed by atoms with E-state index in [1.54, 1.807) is 24.3 Å². The molecular weight excluding hydrogens is 290 g/mol. The fourth-order valence-corrected chi connectivity index (χ4v) is 2.23. The Morgan fingerprint density at radius 2 is 1.74 bits per heavy atom. The number of hydrogen-bond acceptors (Lipinski definition) is 3. The van der Waals surface area contributed by atoms with Crippen molar-refractivity contribution in [1.82, 2.24) is 5.32 Å². The molecule has 128 valence electrons. The molecule has 0 aliphatic heterocycles. The SMILES string of the molecule is CCCCCCC(NC(=O)c1ccccc1)C(=O)OC(C)(C)C. The van der Waals surface area contributed by atoms with Gasteiger partial charge in [0.15, 0.2) is 0 Å². The van der Waals surface area contributed by atoms with E-state index >= 15 is 0 Å². The van der Waals surface area contributed by atoms with Crippen molar-refractivity contribution in [2.75, 3.05) is 0 Å². The lowest BCUT2D eigenvalue weighted by atomic mass is 10.1. The van der Waals surface area contributed by atoms with Crippen molar-refractivity contribution >= 4 is 11.9 Å². The van der Waals surface area contributed by atoms with Crippen LogP contribution in [0.3, 0.4) is 0 Å². The van der Waals surface area contributed by atoms with E-state index in [0.717, 1.165) is 25.7 Å². The van der Waals surface area contributed by atoms with E-state index < -0.39 is 11.6 Å². The van der Waals surface area contributed by atoms with E-state index in [9.17, 15) is 9.59 Å². The van der Waals surface area contributed by atoms with Crippen LogP contribution in [0.15, 0.2) is 30.3 Å². The molecule has 0 bridgehead atoms. The molecule has 1 aromatic rings. The average molecular weight is 319 g/mol. The largest absolute Gasteiger partial charge is 0.458 e. The topological polar surface area (TPSA) is 55.4 Å². The van der Waals surface area contributed by atoms with Crippen molar-refractivity contribution in [3.8, 4) is 0 Å². The van der Waals surface area contributed by atoms with Gasteiger partial charge in [-0.05, 0) is 39.3 Å². The Balaban J connectivity index is 2.69. The molecule has 0 aliphatic rings. The lowest BCUT2D eigenvalue weighted by Gasteiger charge is -2.24. The number of hydrogen-bond donors (Lipinski definition) is 1. The van der Waals surface area contributed by atoms with Gasteiger partial charge in [0.05, 0.1) is 0 Å². The molecule has 4 heteroatoms. The van der Waals surface area contributed by atoms with Crippen LogP contribution in [0.1, 0.15) is 70.2 Å². The predicted octanol–water partition coefficient (Wildman–Crippen LogP) is 4.10. The van der Waals surface area contributed by atoms with Crippen molar-refractivity contribution < 1.29 is 14.3 Å². The molecule has 1 atom stereocenters. The van der Waals surface area contributed by atoms with Gasteiger partial charge in [-0.3, -0.25) is 4.79 Å². The Labute approximate surface area is 139 Å². The monoisotopic (exact) mass is 319 g/mol. The molecule has 0 fully saturated rings. The maximum Gasteiger partial charge on any atom is 0.329 e. The number of esters is 1. The van der Waals surface area contributed by atoms with Crippen LogP contribution in [-0.2, 0) is 9.53 Å². The fraction of sp³-hybridized carbons (Fsp3) is 0.579. The standard InChI is InChI=1S/C19H29NO3/c1-5-6-7-11-14-16(18(22)23-19(2,3)4)20-17(21)15-12-9-8-10-13-15/h8-10,12-13,16H,5-7,11,14H2,1-4H3,(H,20,21). The lowest BCUT2D eigenvalue weighted by molar-refractivity contribution is -0.157. The summed E-state index contributed by atoms with van der Waals surface area (Å²) in [4.78, 5) is 24.6. The number of unbranched alkanes of at least 4 members (excludes halogenated alkanes) is 3. The van der Waals surface area contributed by atoms with E-state index in [2.05, 4.69) is 12.2 Å². The maximum atomic E-state index is 12.4. The molecule has 1 N–H and O–H groups in total. The minimum atomic E-state index is -0.598. The summed E-state index contributed by atoms with van der Waals surface area (Å²) in [5.74, 6) is -0.602. The highest BCUT2D eigenvalue weighted by Gasteiger charge is 2.26. The summed E-state index contributed by atoms with van der Waals surface area (Å²) in [6.07, 6.45) is 4.82. The first kappa shape index (κ1) is 19.2. The smallest absolute Gasteiger partial charge is 0.329 e. The van der Waals surface area contributed by atoms with Crippen LogP contribution in [0.2, 0.25) is 0 Å². The Hall–Kier alpha value is -1.84. The van der Waals surface area contributed by atoms with Crippen molar-refractivity contribution in [1.29, 1.82) is 0 Å². The summed E-state index contributed by atoms with van der Waals surface area (Å²) in [5, 5.41) is 2.82. The Morgan fingerprint density at radius 3 is 2.30 bits per heavy atom. The van der Waals surface area contributed by atoms with Gasteiger partial charge < -0.3 is 10.1 Å². The number of rotatable bonds is 8. The molecule has 4 nitrogen and oxygen atoms in total. The molecule has 0 spiro atoms. The summed E-state index contributed by atoms with van der Waals surface area (Å²) < 4.78 is 5.44. The Bertz CT molecular complexity index is 491. The van der Waals surface area contributed by atoms with E-state index in [0.29, 0.717) is 12.0 Å². The van der Waals surface area contributed by atoms with Gasteiger partial charge in [0.1, 0.15) is 11.6 Å². The highest BCUT2D eigenvalue weighted by Crippen LogP contribution is 2.13. The van der Waals surface area contributed by atoms with Crippen LogP contribution in [0.4, 0.5) is 0 Å². The van der Waals surface area contributed by atoms with Crippen LogP contribution in [-0.4, -0.2) is 23.5 Å². The van der Waals surface area contributed by atoms with Gasteiger partial charge in [0.2, 0.25) is 0 Å². The van der Waals surface area contributed by atoms with Gasteiger partial charge in [-0.15, -0.1) is 0 Å². The van der Waals surface area contributed by atoms with Crippen LogP contribution < -0.4 is 5.32 Å². The fourth-order valence-electron chi connectivity index (χ4n) is 2.23. The van der Waals surface area contributed by atoms with Crippen LogP contribution in [0.5, 0.6) is 0 Å². The van der Waals surface area contributed by atoms with Crippen molar-refractivity contribution in [2.24, 2.45) is 0 Å². The lowest BCUT2D eigenvalue weighted by Crippen LogP contribution is -2.44. The van der Waals surface area contributed by atoms with E-state index in [-0.39, 0.29) is 11.9 Å². The first-order valence-electron chi connectivity index (χ1n) is 8.42. The van der Waals surface area contributed by atoms with Crippen molar-refractivity contribution in [3.05, 3.63) is 35.9 Å². The molecule has 23 heavy (non-hydrogen) atoms. The predicted molar refractivity (Wildman–Crippen MR) is 92.3 cm³/mol. The number of ether oxygens (including phenoxy) is 1. The second-order valence-electron chi connectivity index (χ2n) is 6.77. The number of amides is 1. The molecular formula is C19H29NO3. The molecule has 0 aliphatic carbocycles. The summed E-state index contributed by atoms with van der Waals surface area (Å²) in [5.41, 5.74) is -0.00873.